The molecule has 2 aromatic carbocycles. The number of thiazole rings is 1. The molecule has 0 saturated carbocycles. The van der Waals surface area contributed by atoms with E-state index in [0.29, 0.717) is 5.01 Å². The standard InChI is InChI=1S/C19H14ClFN2O3S/c1-11(17(24)22-15-8-7-13(21)9-14(15)20)26-19(25)16-10-27-18(23-16)12-5-3-2-4-6-12/h2-11H,1H3,(H,22,24)/t11-/m1/s1. The number of anilines is 1. The quantitative estimate of drug-likeness (QED) is 0.621. The largest absolute Gasteiger partial charge is 0.448 e. The first-order chi connectivity index (χ1) is 12.9. The van der Waals surface area contributed by atoms with E-state index in [9.17, 15) is 14.0 Å². The van der Waals surface area contributed by atoms with E-state index in [0.717, 1.165) is 11.6 Å². The minimum atomic E-state index is -1.08. The summed E-state index contributed by atoms with van der Waals surface area (Å²) in [5.74, 6) is -1.81. The predicted molar refractivity (Wildman–Crippen MR) is 102 cm³/mol. The Morgan fingerprint density at radius 2 is 1.96 bits per heavy atom. The van der Waals surface area contributed by atoms with Gasteiger partial charge in [-0.1, -0.05) is 41.9 Å². The number of halogens is 2. The van der Waals surface area contributed by atoms with Gasteiger partial charge in [0.15, 0.2) is 11.8 Å². The van der Waals surface area contributed by atoms with Gasteiger partial charge in [0.1, 0.15) is 10.8 Å². The lowest BCUT2D eigenvalue weighted by molar-refractivity contribution is -0.123. The first kappa shape index (κ1) is 19.0. The zero-order valence-corrected chi connectivity index (χ0v) is 15.7. The fraction of sp³-hybridized carbons (Fsp3) is 0.105. The number of rotatable bonds is 5. The second-order valence-corrected chi connectivity index (χ2v) is 6.83. The topological polar surface area (TPSA) is 68.3 Å². The first-order valence-electron chi connectivity index (χ1n) is 7.92. The summed E-state index contributed by atoms with van der Waals surface area (Å²) in [6, 6.07) is 13.0. The van der Waals surface area contributed by atoms with Gasteiger partial charge in [-0.3, -0.25) is 4.79 Å². The molecule has 1 aromatic heterocycles. The van der Waals surface area contributed by atoms with Crippen molar-refractivity contribution >= 4 is 40.5 Å². The van der Waals surface area contributed by atoms with Gasteiger partial charge in [0.25, 0.3) is 5.91 Å². The highest BCUT2D eigenvalue weighted by Gasteiger charge is 2.21. The second-order valence-electron chi connectivity index (χ2n) is 5.56. The maximum atomic E-state index is 13.1. The average Bonchev–Trinajstić information content (AvgIpc) is 3.15. The van der Waals surface area contributed by atoms with Crippen LogP contribution in [0.1, 0.15) is 17.4 Å². The number of aromatic nitrogens is 1. The Bertz CT molecular complexity index is 978. The molecule has 0 fully saturated rings. The van der Waals surface area contributed by atoms with Gasteiger partial charge in [0.05, 0.1) is 10.7 Å². The highest BCUT2D eigenvalue weighted by Crippen LogP contribution is 2.24. The zero-order valence-electron chi connectivity index (χ0n) is 14.1. The molecule has 0 saturated heterocycles. The number of esters is 1. The van der Waals surface area contributed by atoms with Crippen molar-refractivity contribution in [2.24, 2.45) is 0 Å². The van der Waals surface area contributed by atoms with Crippen LogP contribution in [0.25, 0.3) is 10.6 Å². The number of carbonyl (C=O) groups is 2. The van der Waals surface area contributed by atoms with Gasteiger partial charge in [-0.25, -0.2) is 14.2 Å². The molecule has 0 aliphatic rings. The molecule has 0 spiro atoms. The van der Waals surface area contributed by atoms with Crippen LogP contribution in [0.5, 0.6) is 0 Å². The smallest absolute Gasteiger partial charge is 0.358 e. The van der Waals surface area contributed by atoms with Crippen molar-refractivity contribution in [2.45, 2.75) is 13.0 Å². The monoisotopic (exact) mass is 404 g/mol. The van der Waals surface area contributed by atoms with Crippen LogP contribution in [0, 0.1) is 5.82 Å². The van der Waals surface area contributed by atoms with Gasteiger partial charge in [-0.15, -0.1) is 11.3 Å². The number of carbonyl (C=O) groups excluding carboxylic acids is 2. The molecule has 0 bridgehead atoms. The number of amides is 1. The zero-order chi connectivity index (χ0) is 19.4. The Hall–Kier alpha value is -2.77. The Morgan fingerprint density at radius 1 is 1.22 bits per heavy atom. The van der Waals surface area contributed by atoms with Crippen molar-refractivity contribution in [1.29, 1.82) is 0 Å². The number of nitrogens with one attached hydrogen (secondary N) is 1. The van der Waals surface area contributed by atoms with E-state index in [2.05, 4.69) is 10.3 Å². The van der Waals surface area contributed by atoms with Crippen molar-refractivity contribution in [3.63, 3.8) is 0 Å². The molecule has 1 heterocycles. The van der Waals surface area contributed by atoms with E-state index < -0.39 is 23.8 Å². The van der Waals surface area contributed by atoms with E-state index in [1.807, 2.05) is 30.3 Å². The minimum Gasteiger partial charge on any atom is -0.448 e. The molecule has 8 heteroatoms. The Kier molecular flexibility index (Phi) is 5.83. The first-order valence-corrected chi connectivity index (χ1v) is 9.17. The van der Waals surface area contributed by atoms with Crippen LogP contribution in [0.2, 0.25) is 5.02 Å². The Morgan fingerprint density at radius 3 is 2.67 bits per heavy atom. The SMILES string of the molecule is C[C@@H](OC(=O)c1csc(-c2ccccc2)n1)C(=O)Nc1ccc(F)cc1Cl. The summed E-state index contributed by atoms with van der Waals surface area (Å²) in [5.41, 5.74) is 1.24. The normalized spacial score (nSPS) is 11.7. The highest BCUT2D eigenvalue weighted by atomic mass is 35.5. The maximum Gasteiger partial charge on any atom is 0.358 e. The van der Waals surface area contributed by atoms with Crippen molar-refractivity contribution in [2.75, 3.05) is 5.32 Å². The summed E-state index contributed by atoms with van der Waals surface area (Å²) in [4.78, 5) is 28.7. The minimum absolute atomic E-state index is 0.0499. The summed E-state index contributed by atoms with van der Waals surface area (Å²) < 4.78 is 18.2. The van der Waals surface area contributed by atoms with Crippen LogP contribution < -0.4 is 5.32 Å². The fourth-order valence-electron chi connectivity index (χ4n) is 2.18. The molecule has 1 N–H and O–H groups in total. The third kappa shape index (κ3) is 4.69. The molecule has 3 rings (SSSR count). The van der Waals surface area contributed by atoms with Crippen LogP contribution >= 0.6 is 22.9 Å². The van der Waals surface area contributed by atoms with E-state index in [4.69, 9.17) is 16.3 Å². The maximum absolute atomic E-state index is 13.1. The van der Waals surface area contributed by atoms with Crippen molar-refractivity contribution in [3.8, 4) is 10.6 Å². The Balaban J connectivity index is 1.63. The molecule has 1 amide bonds. The lowest BCUT2D eigenvalue weighted by atomic mass is 10.2. The molecular weight excluding hydrogens is 391 g/mol. The highest BCUT2D eigenvalue weighted by molar-refractivity contribution is 7.13. The van der Waals surface area contributed by atoms with Gasteiger partial charge in [-0.2, -0.15) is 0 Å². The van der Waals surface area contributed by atoms with Crippen LogP contribution in [-0.2, 0) is 9.53 Å². The molecule has 5 nitrogen and oxygen atoms in total. The van der Waals surface area contributed by atoms with E-state index in [-0.39, 0.29) is 16.4 Å². The summed E-state index contributed by atoms with van der Waals surface area (Å²) in [5, 5.41) is 4.80. The van der Waals surface area contributed by atoms with Crippen molar-refractivity contribution in [3.05, 3.63) is 70.4 Å². The number of hydrogen-bond donors (Lipinski definition) is 1. The van der Waals surface area contributed by atoms with Crippen LogP contribution in [0.15, 0.2) is 53.9 Å². The van der Waals surface area contributed by atoms with E-state index in [1.165, 1.54) is 30.4 Å². The van der Waals surface area contributed by atoms with E-state index in [1.54, 1.807) is 5.38 Å². The second kappa shape index (κ2) is 8.28. The summed E-state index contributed by atoms with van der Waals surface area (Å²) in [7, 11) is 0. The molecule has 0 unspecified atom stereocenters. The third-order valence-electron chi connectivity index (χ3n) is 3.58. The van der Waals surface area contributed by atoms with Crippen LogP contribution in [0.4, 0.5) is 10.1 Å². The molecular formula is C19H14ClFN2O3S. The predicted octanol–water partition coefficient (Wildman–Crippen LogP) is 4.79. The van der Waals surface area contributed by atoms with Crippen LogP contribution in [0.3, 0.4) is 0 Å². The fourth-order valence-corrected chi connectivity index (χ4v) is 3.19. The Labute approximate surface area is 163 Å². The van der Waals surface area contributed by atoms with Gasteiger partial charge in [0.2, 0.25) is 0 Å². The summed E-state index contributed by atoms with van der Waals surface area (Å²) in [6.45, 7) is 1.43. The van der Waals surface area contributed by atoms with Crippen molar-refractivity contribution in [1.82, 2.24) is 4.98 Å². The number of ether oxygens (including phenoxy) is 1. The van der Waals surface area contributed by atoms with Crippen molar-refractivity contribution < 1.29 is 18.7 Å². The lowest BCUT2D eigenvalue weighted by Gasteiger charge is -2.13. The molecule has 138 valence electrons. The summed E-state index contributed by atoms with van der Waals surface area (Å²) >= 11 is 7.18. The average molecular weight is 405 g/mol. The lowest BCUT2D eigenvalue weighted by Crippen LogP contribution is -2.30. The van der Waals surface area contributed by atoms with E-state index >= 15 is 0 Å². The number of benzene rings is 2. The van der Waals surface area contributed by atoms with Gasteiger partial charge in [-0.05, 0) is 25.1 Å². The molecule has 3 aromatic rings. The van der Waals surface area contributed by atoms with Gasteiger partial charge >= 0.3 is 5.97 Å². The summed E-state index contributed by atoms with van der Waals surface area (Å²) in [6.07, 6.45) is -1.08. The third-order valence-corrected chi connectivity index (χ3v) is 4.78. The number of nitrogens with zero attached hydrogens (tertiary/aromatic N) is 1. The molecule has 0 aliphatic heterocycles. The molecule has 1 atom stereocenters. The molecule has 0 aliphatic carbocycles. The van der Waals surface area contributed by atoms with Gasteiger partial charge < -0.3 is 10.1 Å². The molecule has 0 radical (unpaired) electrons. The van der Waals surface area contributed by atoms with Crippen LogP contribution in [-0.4, -0.2) is 23.0 Å². The molecule has 27 heavy (non-hydrogen) atoms. The number of hydrogen-bond acceptors (Lipinski definition) is 5. The van der Waals surface area contributed by atoms with Gasteiger partial charge in [0, 0.05) is 10.9 Å².